The highest BCUT2D eigenvalue weighted by molar-refractivity contribution is 6.31. The van der Waals surface area contributed by atoms with Crippen molar-refractivity contribution in [2.45, 2.75) is 11.9 Å². The molecule has 2 amide bonds. The van der Waals surface area contributed by atoms with Crippen molar-refractivity contribution >= 4 is 40.2 Å². The first-order valence-electron chi connectivity index (χ1n) is 10.2. The maximum Gasteiger partial charge on any atom is 0.417 e. The van der Waals surface area contributed by atoms with E-state index in [0.29, 0.717) is 12.1 Å². The molecule has 0 radical (unpaired) electrons. The number of halogens is 6. The van der Waals surface area contributed by atoms with Crippen molar-refractivity contribution < 1.29 is 41.1 Å². The summed E-state index contributed by atoms with van der Waals surface area (Å²) in [6, 6.07) is 5.03. The van der Waals surface area contributed by atoms with Crippen LogP contribution in [0.1, 0.15) is 37.4 Å². The topological polar surface area (TPSA) is 124 Å². The first-order valence-corrected chi connectivity index (χ1v) is 10.6. The van der Waals surface area contributed by atoms with Gasteiger partial charge in [0.2, 0.25) is 0 Å². The summed E-state index contributed by atoms with van der Waals surface area (Å²) in [6.45, 7) is 0. The summed E-state index contributed by atoms with van der Waals surface area (Å²) >= 11 is 6.14. The fourth-order valence-corrected chi connectivity index (χ4v) is 4.39. The lowest BCUT2D eigenvalue weighted by atomic mass is 9.91. The SMILES string of the molecule is O=C(Nc1cc2oc(=O)[nH]c2c2c1C(O)(c1cc(F)ccc1Cl)NC2=O)c1cc(F)cc(C(F)(F)F)c1. The third kappa shape index (κ3) is 4.01. The molecule has 0 saturated carbocycles. The second-order valence-corrected chi connectivity index (χ2v) is 8.44. The number of hydrogen-bond acceptors (Lipinski definition) is 5. The number of aromatic amines is 1. The first-order chi connectivity index (χ1) is 17.3. The van der Waals surface area contributed by atoms with E-state index in [4.69, 9.17) is 16.0 Å². The van der Waals surface area contributed by atoms with Crippen LogP contribution in [0.15, 0.2) is 51.7 Å². The second kappa shape index (κ2) is 8.15. The predicted octanol–water partition coefficient (Wildman–Crippen LogP) is 4.26. The molecular weight excluding hydrogens is 529 g/mol. The molecule has 4 aromatic rings. The van der Waals surface area contributed by atoms with E-state index in [2.05, 4.69) is 15.6 Å². The van der Waals surface area contributed by atoms with Gasteiger partial charge >= 0.3 is 11.9 Å². The molecule has 1 aliphatic heterocycles. The molecule has 3 aromatic carbocycles. The van der Waals surface area contributed by atoms with Crippen molar-refractivity contribution in [3.8, 4) is 0 Å². The van der Waals surface area contributed by atoms with Gasteiger partial charge in [0.1, 0.15) is 17.2 Å². The average Bonchev–Trinajstić information content (AvgIpc) is 3.30. The van der Waals surface area contributed by atoms with Gasteiger partial charge in [-0.3, -0.25) is 14.6 Å². The minimum Gasteiger partial charge on any atom is -0.408 e. The minimum absolute atomic E-state index is 0.191. The Labute approximate surface area is 206 Å². The number of fused-ring (bicyclic) bond motifs is 3. The highest BCUT2D eigenvalue weighted by Gasteiger charge is 2.48. The van der Waals surface area contributed by atoms with Crippen LogP contribution in [0.25, 0.3) is 11.1 Å². The summed E-state index contributed by atoms with van der Waals surface area (Å²) in [6.07, 6.45) is -4.96. The van der Waals surface area contributed by atoms with Crippen molar-refractivity contribution in [1.82, 2.24) is 10.3 Å². The smallest absolute Gasteiger partial charge is 0.408 e. The Morgan fingerprint density at radius 2 is 1.78 bits per heavy atom. The van der Waals surface area contributed by atoms with Gasteiger partial charge in [0.15, 0.2) is 11.3 Å². The Kier molecular flexibility index (Phi) is 5.39. The molecule has 0 aliphatic carbocycles. The van der Waals surface area contributed by atoms with Gasteiger partial charge in [-0.2, -0.15) is 13.2 Å². The number of aromatic nitrogens is 1. The van der Waals surface area contributed by atoms with E-state index in [0.717, 1.165) is 24.3 Å². The van der Waals surface area contributed by atoms with Crippen LogP contribution in [0.4, 0.5) is 27.6 Å². The van der Waals surface area contributed by atoms with Crippen molar-refractivity contribution in [3.05, 3.63) is 97.5 Å². The first kappa shape index (κ1) is 24.5. The Bertz CT molecular complexity index is 1700. The maximum absolute atomic E-state index is 14.1. The lowest BCUT2D eigenvalue weighted by molar-refractivity contribution is -0.137. The summed E-state index contributed by atoms with van der Waals surface area (Å²) < 4.78 is 72.3. The van der Waals surface area contributed by atoms with E-state index in [1.165, 1.54) is 0 Å². The van der Waals surface area contributed by atoms with Crippen LogP contribution in [0.2, 0.25) is 5.02 Å². The highest BCUT2D eigenvalue weighted by atomic mass is 35.5. The van der Waals surface area contributed by atoms with Crippen LogP contribution in [0.5, 0.6) is 0 Å². The third-order valence-corrected chi connectivity index (χ3v) is 5.99. The van der Waals surface area contributed by atoms with E-state index in [9.17, 15) is 41.4 Å². The van der Waals surface area contributed by atoms with Crippen LogP contribution in [0, 0.1) is 11.6 Å². The van der Waals surface area contributed by atoms with Crippen molar-refractivity contribution in [2.75, 3.05) is 5.32 Å². The summed E-state index contributed by atoms with van der Waals surface area (Å²) in [5, 5.41) is 15.8. The van der Waals surface area contributed by atoms with Crippen LogP contribution in [-0.2, 0) is 11.9 Å². The predicted molar refractivity (Wildman–Crippen MR) is 118 cm³/mol. The molecule has 8 nitrogen and oxygen atoms in total. The molecular formula is C23H11ClF5N3O5. The van der Waals surface area contributed by atoms with Crippen molar-refractivity contribution in [1.29, 1.82) is 0 Å². The molecule has 0 bridgehead atoms. The van der Waals surface area contributed by atoms with Crippen LogP contribution in [0.3, 0.4) is 0 Å². The Hall–Kier alpha value is -4.23. The molecule has 4 N–H and O–H groups in total. The average molecular weight is 540 g/mol. The summed E-state index contributed by atoms with van der Waals surface area (Å²) in [7, 11) is 0. The molecule has 0 saturated heterocycles. The van der Waals surface area contributed by atoms with Gasteiger partial charge in [-0.25, -0.2) is 13.6 Å². The number of aliphatic hydroxyl groups is 1. The molecule has 1 aromatic heterocycles. The Morgan fingerprint density at radius 1 is 1.05 bits per heavy atom. The van der Waals surface area contributed by atoms with Gasteiger partial charge in [0.05, 0.1) is 16.8 Å². The number of H-pyrrole nitrogens is 1. The molecule has 14 heteroatoms. The summed E-state index contributed by atoms with van der Waals surface area (Å²) in [4.78, 5) is 39.9. The molecule has 2 heterocycles. The zero-order chi connectivity index (χ0) is 26.9. The number of oxazole rings is 1. The summed E-state index contributed by atoms with van der Waals surface area (Å²) in [5.41, 5.74) is -6.80. The molecule has 190 valence electrons. The maximum atomic E-state index is 14.1. The number of nitrogens with one attached hydrogen (secondary N) is 3. The van der Waals surface area contributed by atoms with Gasteiger partial charge in [0, 0.05) is 27.8 Å². The zero-order valence-corrected chi connectivity index (χ0v) is 18.6. The number of carbonyl (C=O) groups is 2. The fourth-order valence-electron chi connectivity index (χ4n) is 4.14. The van der Waals surface area contributed by atoms with Crippen LogP contribution in [-0.4, -0.2) is 21.9 Å². The number of benzene rings is 3. The van der Waals surface area contributed by atoms with Gasteiger partial charge in [-0.1, -0.05) is 11.6 Å². The molecule has 0 spiro atoms. The monoisotopic (exact) mass is 539 g/mol. The summed E-state index contributed by atoms with van der Waals surface area (Å²) in [5.74, 6) is -5.46. The highest BCUT2D eigenvalue weighted by Crippen LogP contribution is 2.45. The number of rotatable bonds is 3. The lowest BCUT2D eigenvalue weighted by Crippen LogP contribution is -2.41. The number of anilines is 1. The molecule has 1 unspecified atom stereocenters. The molecule has 1 atom stereocenters. The Balaban J connectivity index is 1.72. The molecule has 5 rings (SSSR count). The van der Waals surface area contributed by atoms with Gasteiger partial charge in [-0.15, -0.1) is 0 Å². The number of carbonyl (C=O) groups excluding carboxylic acids is 2. The molecule has 37 heavy (non-hydrogen) atoms. The van der Waals surface area contributed by atoms with Gasteiger partial charge < -0.3 is 20.2 Å². The van der Waals surface area contributed by atoms with Crippen molar-refractivity contribution in [2.24, 2.45) is 0 Å². The number of hydrogen-bond donors (Lipinski definition) is 4. The van der Waals surface area contributed by atoms with E-state index in [1.54, 1.807) is 0 Å². The quantitative estimate of drug-likeness (QED) is 0.290. The molecule has 1 aliphatic rings. The fraction of sp³-hybridized carbons (Fsp3) is 0.0870. The lowest BCUT2D eigenvalue weighted by Gasteiger charge is -2.27. The zero-order valence-electron chi connectivity index (χ0n) is 17.9. The molecule has 0 fully saturated rings. The second-order valence-electron chi connectivity index (χ2n) is 8.03. The van der Waals surface area contributed by atoms with Gasteiger partial charge in [-0.05, 0) is 36.4 Å². The number of alkyl halides is 3. The normalized spacial score (nSPS) is 17.1. The third-order valence-electron chi connectivity index (χ3n) is 5.66. The van der Waals surface area contributed by atoms with E-state index in [-0.39, 0.29) is 27.8 Å². The van der Waals surface area contributed by atoms with E-state index >= 15 is 0 Å². The Morgan fingerprint density at radius 3 is 2.49 bits per heavy atom. The van der Waals surface area contributed by atoms with E-state index in [1.807, 2.05) is 0 Å². The van der Waals surface area contributed by atoms with Gasteiger partial charge in [0.25, 0.3) is 11.8 Å². The van der Waals surface area contributed by atoms with Crippen LogP contribution >= 0.6 is 11.6 Å². The van der Waals surface area contributed by atoms with Crippen LogP contribution < -0.4 is 16.4 Å². The minimum atomic E-state index is -4.96. The number of amides is 2. The van der Waals surface area contributed by atoms with E-state index < -0.39 is 69.0 Å². The standard InChI is InChI=1S/C23H11ClF5N3O5/c24-13-2-1-10(25)6-12(13)22(36)17-14(7-15-18(31-21(35)37-15)16(17)20(34)32-22)30-19(33)8-3-9(23(27,28)29)5-11(26)4-8/h1-7,36H,(H,30,33)(H,31,35)(H,32,34). The largest absolute Gasteiger partial charge is 0.417 e. The van der Waals surface area contributed by atoms with Crippen molar-refractivity contribution in [3.63, 3.8) is 0 Å².